The topological polar surface area (TPSA) is 37.4 Å². The monoisotopic (exact) mass is 305 g/mol. The Bertz CT molecular complexity index is 648. The summed E-state index contributed by atoms with van der Waals surface area (Å²) in [6.45, 7) is 7.95. The molecule has 0 bridgehead atoms. The van der Waals surface area contributed by atoms with Gasteiger partial charge >= 0.3 is 0 Å². The highest BCUT2D eigenvalue weighted by Gasteiger charge is 2.49. The van der Waals surface area contributed by atoms with Gasteiger partial charge in [0.2, 0.25) is 10.0 Å². The first kappa shape index (κ1) is 14.8. The summed E-state index contributed by atoms with van der Waals surface area (Å²) in [5, 5.41) is 0. The van der Waals surface area contributed by atoms with Gasteiger partial charge in [0.25, 0.3) is 0 Å². The molecule has 0 N–H and O–H groups in total. The van der Waals surface area contributed by atoms with Crippen LogP contribution >= 0.6 is 0 Å². The highest BCUT2D eigenvalue weighted by molar-refractivity contribution is 7.89. The molecule has 1 saturated heterocycles. The second-order valence-corrected chi connectivity index (χ2v) is 8.35. The zero-order valence-electron chi connectivity index (χ0n) is 12.7. The lowest BCUT2D eigenvalue weighted by molar-refractivity contribution is 0.333. The number of fused-ring (bicyclic) bond motifs is 1. The van der Waals surface area contributed by atoms with Crippen LogP contribution in [0.4, 0.5) is 0 Å². The molecule has 2 aliphatic rings. The van der Waals surface area contributed by atoms with Crippen LogP contribution < -0.4 is 0 Å². The Kier molecular flexibility index (Phi) is 3.70. The molecule has 1 aromatic rings. The Labute approximate surface area is 127 Å². The van der Waals surface area contributed by atoms with E-state index in [9.17, 15) is 8.42 Å². The van der Waals surface area contributed by atoms with Gasteiger partial charge in [-0.25, -0.2) is 8.42 Å². The predicted molar refractivity (Wildman–Crippen MR) is 84.6 cm³/mol. The minimum absolute atomic E-state index is 0.0356. The number of hydrogen-bond acceptors (Lipinski definition) is 2. The standard InChI is InChI=1S/C17H23NO2S/c1-12(2)17-11-14-5-4-6-16(14)18(17)21(19,20)15-9-7-13(3)8-10-15/h7-10,14,16-17H,1,4-6,11H2,2-3H3/t14-,16-,17+/m0/s1. The summed E-state index contributed by atoms with van der Waals surface area (Å²) >= 11 is 0. The first-order valence-corrected chi connectivity index (χ1v) is 9.11. The van der Waals surface area contributed by atoms with Crippen molar-refractivity contribution in [2.75, 3.05) is 0 Å². The first-order chi connectivity index (χ1) is 9.91. The third-order valence-corrected chi connectivity index (χ3v) is 6.89. The van der Waals surface area contributed by atoms with Crippen LogP contribution in [0, 0.1) is 12.8 Å². The molecule has 1 aliphatic carbocycles. The van der Waals surface area contributed by atoms with Crippen molar-refractivity contribution in [3.8, 4) is 0 Å². The van der Waals surface area contributed by atoms with E-state index < -0.39 is 10.0 Å². The van der Waals surface area contributed by atoms with E-state index in [-0.39, 0.29) is 12.1 Å². The quantitative estimate of drug-likeness (QED) is 0.802. The van der Waals surface area contributed by atoms with Crippen LogP contribution in [0.1, 0.15) is 38.2 Å². The van der Waals surface area contributed by atoms with Crippen molar-refractivity contribution in [1.29, 1.82) is 0 Å². The average Bonchev–Trinajstić information content (AvgIpc) is 2.98. The largest absolute Gasteiger partial charge is 0.243 e. The Balaban J connectivity index is 2.02. The highest BCUT2D eigenvalue weighted by atomic mass is 32.2. The van der Waals surface area contributed by atoms with E-state index in [0.29, 0.717) is 10.8 Å². The van der Waals surface area contributed by atoms with E-state index in [1.165, 1.54) is 0 Å². The zero-order valence-corrected chi connectivity index (χ0v) is 13.6. The second kappa shape index (κ2) is 5.25. The van der Waals surface area contributed by atoms with Crippen LogP contribution in [0.2, 0.25) is 0 Å². The third kappa shape index (κ3) is 2.44. The van der Waals surface area contributed by atoms with Gasteiger partial charge in [-0.05, 0) is 51.2 Å². The molecule has 1 heterocycles. The zero-order chi connectivity index (χ0) is 15.2. The highest BCUT2D eigenvalue weighted by Crippen LogP contribution is 2.45. The van der Waals surface area contributed by atoms with Crippen LogP contribution in [0.3, 0.4) is 0 Å². The van der Waals surface area contributed by atoms with E-state index in [1.807, 2.05) is 26.0 Å². The fraction of sp³-hybridized carbons (Fsp3) is 0.529. The van der Waals surface area contributed by atoms with Crippen molar-refractivity contribution < 1.29 is 8.42 Å². The average molecular weight is 305 g/mol. The smallest absolute Gasteiger partial charge is 0.207 e. The maximum absolute atomic E-state index is 13.1. The van der Waals surface area contributed by atoms with Crippen LogP contribution in [0.15, 0.2) is 41.3 Å². The Hall–Kier alpha value is -1.13. The Morgan fingerprint density at radius 3 is 2.52 bits per heavy atom. The first-order valence-electron chi connectivity index (χ1n) is 7.67. The molecule has 3 rings (SSSR count). The van der Waals surface area contributed by atoms with E-state index in [0.717, 1.165) is 36.8 Å². The van der Waals surface area contributed by atoms with Gasteiger partial charge in [0.1, 0.15) is 0 Å². The fourth-order valence-corrected chi connectivity index (χ4v) is 5.80. The van der Waals surface area contributed by atoms with Crippen molar-refractivity contribution in [3.63, 3.8) is 0 Å². The summed E-state index contributed by atoms with van der Waals surface area (Å²) < 4.78 is 27.9. The molecule has 0 spiro atoms. The molecule has 0 aromatic heterocycles. The molecule has 3 nitrogen and oxygen atoms in total. The summed E-state index contributed by atoms with van der Waals surface area (Å²) in [5.41, 5.74) is 2.03. The number of aryl methyl sites for hydroxylation is 1. The van der Waals surface area contributed by atoms with Crippen molar-refractivity contribution in [3.05, 3.63) is 42.0 Å². The lowest BCUT2D eigenvalue weighted by Crippen LogP contribution is -2.41. The maximum atomic E-state index is 13.1. The molecule has 4 heteroatoms. The van der Waals surface area contributed by atoms with Gasteiger partial charge in [-0.15, -0.1) is 0 Å². The number of rotatable bonds is 3. The molecule has 0 radical (unpaired) electrons. The van der Waals surface area contributed by atoms with Crippen LogP contribution in [-0.2, 0) is 10.0 Å². The lowest BCUT2D eigenvalue weighted by atomic mass is 9.99. The normalized spacial score (nSPS) is 29.5. The predicted octanol–water partition coefficient (Wildman–Crippen LogP) is 3.50. The summed E-state index contributed by atoms with van der Waals surface area (Å²) in [6.07, 6.45) is 4.21. The van der Waals surface area contributed by atoms with Crippen LogP contribution in [0.5, 0.6) is 0 Å². The molecule has 114 valence electrons. The molecule has 3 atom stereocenters. The van der Waals surface area contributed by atoms with Crippen LogP contribution in [-0.4, -0.2) is 24.8 Å². The van der Waals surface area contributed by atoms with E-state index >= 15 is 0 Å². The number of sulfonamides is 1. The summed E-state index contributed by atoms with van der Waals surface area (Å²) in [7, 11) is -3.43. The van der Waals surface area contributed by atoms with Gasteiger partial charge in [-0.3, -0.25) is 0 Å². The number of nitrogens with zero attached hydrogens (tertiary/aromatic N) is 1. The SMILES string of the molecule is C=C(C)[C@H]1C[C@@H]2CCC[C@@H]2N1S(=O)(=O)c1ccc(C)cc1. The molecule has 1 aromatic carbocycles. The fourth-order valence-electron chi connectivity index (χ4n) is 3.85. The third-order valence-electron chi connectivity index (χ3n) is 4.94. The summed E-state index contributed by atoms with van der Waals surface area (Å²) in [4.78, 5) is 0.409. The molecule has 0 unspecified atom stereocenters. The maximum Gasteiger partial charge on any atom is 0.243 e. The van der Waals surface area contributed by atoms with Gasteiger partial charge in [-0.2, -0.15) is 4.31 Å². The van der Waals surface area contributed by atoms with Crippen molar-refractivity contribution in [2.24, 2.45) is 5.92 Å². The van der Waals surface area contributed by atoms with Gasteiger partial charge in [0.15, 0.2) is 0 Å². The van der Waals surface area contributed by atoms with Gasteiger partial charge < -0.3 is 0 Å². The van der Waals surface area contributed by atoms with Gasteiger partial charge in [0.05, 0.1) is 4.90 Å². The van der Waals surface area contributed by atoms with Gasteiger partial charge in [-0.1, -0.05) is 36.3 Å². The molecule has 21 heavy (non-hydrogen) atoms. The molecular formula is C17H23NO2S. The molecule has 1 saturated carbocycles. The molecule has 2 fully saturated rings. The van der Waals surface area contributed by atoms with E-state index in [2.05, 4.69) is 6.58 Å². The second-order valence-electron chi connectivity index (χ2n) is 6.50. The van der Waals surface area contributed by atoms with Crippen molar-refractivity contribution in [2.45, 2.75) is 56.5 Å². The Morgan fingerprint density at radius 1 is 1.24 bits per heavy atom. The minimum atomic E-state index is -3.43. The van der Waals surface area contributed by atoms with Crippen molar-refractivity contribution in [1.82, 2.24) is 4.31 Å². The molecule has 0 amide bonds. The minimum Gasteiger partial charge on any atom is -0.207 e. The van der Waals surface area contributed by atoms with Gasteiger partial charge in [0, 0.05) is 12.1 Å². The molecular weight excluding hydrogens is 282 g/mol. The number of benzene rings is 1. The number of hydrogen-bond donors (Lipinski definition) is 0. The lowest BCUT2D eigenvalue weighted by Gasteiger charge is -2.29. The molecule has 1 aliphatic heterocycles. The summed E-state index contributed by atoms with van der Waals surface area (Å²) in [5.74, 6) is 0.506. The van der Waals surface area contributed by atoms with Crippen molar-refractivity contribution >= 4 is 10.0 Å². The summed E-state index contributed by atoms with van der Waals surface area (Å²) in [6, 6.07) is 7.31. The Morgan fingerprint density at radius 2 is 1.90 bits per heavy atom. The van der Waals surface area contributed by atoms with Crippen LogP contribution in [0.25, 0.3) is 0 Å². The van der Waals surface area contributed by atoms with E-state index in [1.54, 1.807) is 16.4 Å². The van der Waals surface area contributed by atoms with E-state index in [4.69, 9.17) is 0 Å².